The maximum Gasteiger partial charge on any atom is 0.158 e. The van der Waals surface area contributed by atoms with Crippen LogP contribution in [0.2, 0.25) is 5.15 Å². The van der Waals surface area contributed by atoms with Crippen molar-refractivity contribution in [2.24, 2.45) is 0 Å². The molecule has 0 saturated carbocycles. The predicted molar refractivity (Wildman–Crippen MR) is 66.2 cm³/mol. The number of hydrogen-bond donors (Lipinski definition) is 1. The van der Waals surface area contributed by atoms with Gasteiger partial charge in [0.1, 0.15) is 29.5 Å². The molecule has 0 radical (unpaired) electrons. The second-order valence-corrected chi connectivity index (χ2v) is 3.86. The van der Waals surface area contributed by atoms with Gasteiger partial charge in [-0.15, -0.1) is 0 Å². The van der Waals surface area contributed by atoms with Crippen LogP contribution in [0.3, 0.4) is 0 Å². The van der Waals surface area contributed by atoms with E-state index in [-0.39, 0.29) is 0 Å². The molecule has 0 fully saturated rings. The second-order valence-electron chi connectivity index (χ2n) is 3.47. The Hall–Kier alpha value is -1.66. The van der Waals surface area contributed by atoms with E-state index in [0.29, 0.717) is 36.6 Å². The van der Waals surface area contributed by atoms with Crippen LogP contribution in [-0.2, 0) is 17.9 Å². The monoisotopic (exact) mass is 268 g/mol. The Morgan fingerprint density at radius 3 is 3.06 bits per heavy atom. The summed E-state index contributed by atoms with van der Waals surface area (Å²) in [6.45, 7) is 3.37. The summed E-state index contributed by atoms with van der Waals surface area (Å²) in [7, 11) is 0. The molecule has 0 aromatic carbocycles. The first-order chi connectivity index (χ1) is 8.78. The van der Waals surface area contributed by atoms with E-state index in [1.54, 1.807) is 12.1 Å². The summed E-state index contributed by atoms with van der Waals surface area (Å²) in [5.41, 5.74) is 0.788. The van der Waals surface area contributed by atoms with Crippen LogP contribution < -0.4 is 5.32 Å². The highest BCUT2D eigenvalue weighted by Crippen LogP contribution is 2.13. The fourth-order valence-electron chi connectivity index (χ4n) is 1.32. The Kier molecular flexibility index (Phi) is 4.49. The smallest absolute Gasteiger partial charge is 0.158 e. The van der Waals surface area contributed by atoms with Crippen LogP contribution in [0.1, 0.15) is 18.4 Å². The van der Waals surface area contributed by atoms with Crippen LogP contribution in [0.15, 0.2) is 22.9 Å². The molecule has 0 aliphatic rings. The number of anilines is 1. The lowest BCUT2D eigenvalue weighted by Gasteiger charge is -2.06. The summed E-state index contributed by atoms with van der Waals surface area (Å²) in [5.74, 6) is 1.18. The molecule has 0 saturated heterocycles. The molecule has 0 bridgehead atoms. The standard InChI is InChI=1S/C11H13ClN4O2/c1-2-17-7-11-14-9(12)5-10(15-11)13-6-8-3-4-18-16-8/h3-5H,2,6-7H2,1H3,(H,13,14,15). The number of nitrogens with zero attached hydrogens (tertiary/aromatic N) is 3. The van der Waals surface area contributed by atoms with Crippen molar-refractivity contribution in [3.05, 3.63) is 35.1 Å². The Morgan fingerprint density at radius 1 is 1.44 bits per heavy atom. The van der Waals surface area contributed by atoms with Crippen LogP contribution >= 0.6 is 11.6 Å². The van der Waals surface area contributed by atoms with Crippen LogP contribution in [-0.4, -0.2) is 21.7 Å². The first kappa shape index (κ1) is 12.8. The topological polar surface area (TPSA) is 73.1 Å². The SMILES string of the molecule is CCOCc1nc(Cl)cc(NCc2ccon2)n1. The molecule has 6 nitrogen and oxygen atoms in total. The van der Waals surface area contributed by atoms with Crippen molar-refractivity contribution in [3.63, 3.8) is 0 Å². The average molecular weight is 269 g/mol. The van der Waals surface area contributed by atoms with E-state index in [1.165, 1.54) is 6.26 Å². The van der Waals surface area contributed by atoms with Gasteiger partial charge in [0.2, 0.25) is 0 Å². The number of hydrogen-bond acceptors (Lipinski definition) is 6. The third-order valence-corrected chi connectivity index (χ3v) is 2.31. The highest BCUT2D eigenvalue weighted by molar-refractivity contribution is 6.29. The Balaban J connectivity index is 2.00. The molecule has 96 valence electrons. The van der Waals surface area contributed by atoms with E-state index in [2.05, 4.69) is 20.4 Å². The molecule has 0 amide bonds. The van der Waals surface area contributed by atoms with Gasteiger partial charge in [-0.3, -0.25) is 0 Å². The summed E-state index contributed by atoms with van der Waals surface area (Å²) < 4.78 is 9.98. The van der Waals surface area contributed by atoms with Gasteiger partial charge < -0.3 is 14.6 Å². The van der Waals surface area contributed by atoms with Crippen molar-refractivity contribution >= 4 is 17.4 Å². The fraction of sp³-hybridized carbons (Fsp3) is 0.364. The largest absolute Gasteiger partial charge is 0.374 e. The third kappa shape index (κ3) is 3.68. The summed E-state index contributed by atoms with van der Waals surface area (Å²) in [4.78, 5) is 8.35. The van der Waals surface area contributed by atoms with Crippen molar-refractivity contribution in [1.82, 2.24) is 15.1 Å². The molecule has 0 aliphatic heterocycles. The lowest BCUT2D eigenvalue weighted by molar-refractivity contribution is 0.128. The lowest BCUT2D eigenvalue weighted by Crippen LogP contribution is -2.06. The van der Waals surface area contributed by atoms with Crippen LogP contribution in [0, 0.1) is 0 Å². The average Bonchev–Trinajstić information content (AvgIpc) is 2.86. The van der Waals surface area contributed by atoms with Gasteiger partial charge in [0, 0.05) is 18.7 Å². The molecule has 0 spiro atoms. The normalized spacial score (nSPS) is 10.6. The van der Waals surface area contributed by atoms with Crippen LogP contribution in [0.5, 0.6) is 0 Å². The summed E-state index contributed by atoms with van der Waals surface area (Å²) in [5, 5.41) is 7.26. The summed E-state index contributed by atoms with van der Waals surface area (Å²) in [6, 6.07) is 3.42. The second kappa shape index (κ2) is 6.32. The van der Waals surface area contributed by atoms with Crippen LogP contribution in [0.4, 0.5) is 5.82 Å². The molecule has 2 aromatic rings. The van der Waals surface area contributed by atoms with Crippen molar-refractivity contribution in [2.45, 2.75) is 20.1 Å². The zero-order chi connectivity index (χ0) is 12.8. The Morgan fingerprint density at radius 2 is 2.33 bits per heavy atom. The van der Waals surface area contributed by atoms with Gasteiger partial charge in [-0.25, -0.2) is 9.97 Å². The number of rotatable bonds is 6. The quantitative estimate of drug-likeness (QED) is 0.810. The van der Waals surface area contributed by atoms with E-state index in [4.69, 9.17) is 20.9 Å². The molecule has 0 unspecified atom stereocenters. The van der Waals surface area contributed by atoms with E-state index in [0.717, 1.165) is 5.69 Å². The first-order valence-corrected chi connectivity index (χ1v) is 5.90. The van der Waals surface area contributed by atoms with E-state index >= 15 is 0 Å². The molecule has 7 heteroatoms. The third-order valence-electron chi connectivity index (χ3n) is 2.12. The molecule has 1 N–H and O–H groups in total. The van der Waals surface area contributed by atoms with Gasteiger partial charge in [-0.1, -0.05) is 16.8 Å². The van der Waals surface area contributed by atoms with E-state index < -0.39 is 0 Å². The zero-order valence-electron chi connectivity index (χ0n) is 9.89. The molecule has 18 heavy (non-hydrogen) atoms. The van der Waals surface area contributed by atoms with Crippen LogP contribution in [0.25, 0.3) is 0 Å². The number of nitrogens with one attached hydrogen (secondary N) is 1. The Bertz CT molecular complexity index is 490. The Labute approximate surface area is 109 Å². The van der Waals surface area contributed by atoms with E-state index in [9.17, 15) is 0 Å². The van der Waals surface area contributed by atoms with Crippen molar-refractivity contribution in [2.75, 3.05) is 11.9 Å². The molecule has 2 aromatic heterocycles. The lowest BCUT2D eigenvalue weighted by atomic mass is 10.4. The van der Waals surface area contributed by atoms with Gasteiger partial charge in [-0.2, -0.15) is 0 Å². The first-order valence-electron chi connectivity index (χ1n) is 5.52. The molecule has 2 rings (SSSR count). The number of halogens is 1. The molecule has 2 heterocycles. The number of ether oxygens (including phenoxy) is 1. The van der Waals surface area contributed by atoms with Gasteiger partial charge >= 0.3 is 0 Å². The van der Waals surface area contributed by atoms with Gasteiger partial charge in [-0.05, 0) is 6.92 Å². The number of aromatic nitrogens is 3. The van der Waals surface area contributed by atoms with Gasteiger partial charge in [0.05, 0.1) is 6.54 Å². The van der Waals surface area contributed by atoms with Crippen molar-refractivity contribution in [1.29, 1.82) is 0 Å². The van der Waals surface area contributed by atoms with Crippen molar-refractivity contribution in [3.8, 4) is 0 Å². The molecule has 0 aliphatic carbocycles. The fourth-order valence-corrected chi connectivity index (χ4v) is 1.52. The highest BCUT2D eigenvalue weighted by atomic mass is 35.5. The minimum atomic E-state index is 0.343. The van der Waals surface area contributed by atoms with E-state index in [1.807, 2.05) is 6.92 Å². The minimum absolute atomic E-state index is 0.343. The molecular weight excluding hydrogens is 256 g/mol. The van der Waals surface area contributed by atoms with Gasteiger partial charge in [0.25, 0.3) is 0 Å². The van der Waals surface area contributed by atoms with Crippen molar-refractivity contribution < 1.29 is 9.26 Å². The molecular formula is C11H13ClN4O2. The summed E-state index contributed by atoms with van der Waals surface area (Å²) in [6.07, 6.45) is 1.52. The predicted octanol–water partition coefficient (Wildman–Crippen LogP) is 2.27. The maximum atomic E-state index is 5.91. The van der Waals surface area contributed by atoms with Gasteiger partial charge in [0.15, 0.2) is 5.82 Å². The highest BCUT2D eigenvalue weighted by Gasteiger charge is 2.04. The maximum absolute atomic E-state index is 5.91. The summed E-state index contributed by atoms with van der Waals surface area (Å²) >= 11 is 5.91. The minimum Gasteiger partial charge on any atom is -0.374 e. The zero-order valence-corrected chi connectivity index (χ0v) is 10.6. The molecule has 0 atom stereocenters.